The van der Waals surface area contributed by atoms with E-state index in [1.807, 2.05) is 30.3 Å². The van der Waals surface area contributed by atoms with Crippen LogP contribution < -0.4 is 29.7 Å². The van der Waals surface area contributed by atoms with Gasteiger partial charge in [-0.1, -0.05) is 12.1 Å². The Hall–Kier alpha value is -5.06. The molecule has 11 nitrogen and oxygen atoms in total. The summed E-state index contributed by atoms with van der Waals surface area (Å²) < 4.78 is 17.6. The molecule has 234 valence electrons. The summed E-state index contributed by atoms with van der Waals surface area (Å²) in [6.45, 7) is 1.50. The summed E-state index contributed by atoms with van der Waals surface area (Å²) in [6, 6.07) is 18.2. The van der Waals surface area contributed by atoms with E-state index in [0.29, 0.717) is 47.9 Å². The van der Waals surface area contributed by atoms with Gasteiger partial charge in [-0.05, 0) is 66.4 Å². The van der Waals surface area contributed by atoms with E-state index < -0.39 is 0 Å². The zero-order chi connectivity index (χ0) is 31.3. The van der Waals surface area contributed by atoms with Crippen LogP contribution in [0.25, 0.3) is 0 Å². The van der Waals surface area contributed by atoms with Crippen LogP contribution >= 0.6 is 0 Å². The molecule has 4 aliphatic rings. The monoisotopic (exact) mass is 612 g/mol. The van der Waals surface area contributed by atoms with Crippen LogP contribution in [0.4, 0.5) is 11.4 Å². The number of amides is 4. The number of anilines is 2. The van der Waals surface area contributed by atoms with Crippen molar-refractivity contribution >= 4 is 35.0 Å². The van der Waals surface area contributed by atoms with Crippen LogP contribution in [0, 0.1) is 0 Å². The third-order valence-corrected chi connectivity index (χ3v) is 8.30. The van der Waals surface area contributed by atoms with E-state index in [0.717, 1.165) is 23.2 Å². The number of nitrogens with zero attached hydrogens (tertiary/aromatic N) is 2. The molecule has 7 rings (SSSR count). The Kier molecular flexibility index (Phi) is 8.86. The molecule has 0 aromatic heterocycles. The van der Waals surface area contributed by atoms with Crippen molar-refractivity contribution in [3.8, 4) is 17.2 Å². The van der Waals surface area contributed by atoms with Gasteiger partial charge in [0.2, 0.25) is 17.7 Å². The first-order valence-corrected chi connectivity index (χ1v) is 15.2. The number of benzene rings is 3. The summed E-state index contributed by atoms with van der Waals surface area (Å²) in [5.41, 5.74) is 3.75. The Balaban J connectivity index is 1.23. The lowest BCUT2D eigenvalue weighted by atomic mass is 9.84. The van der Waals surface area contributed by atoms with E-state index in [2.05, 4.69) is 10.6 Å². The Labute approximate surface area is 261 Å². The quantitative estimate of drug-likeness (QED) is 0.432. The minimum atomic E-state index is -0.319. The molecule has 1 atom stereocenters. The molecule has 11 heteroatoms. The average molecular weight is 613 g/mol. The maximum atomic E-state index is 13.6. The molecule has 3 aromatic rings. The Bertz CT molecular complexity index is 1610. The first-order valence-electron chi connectivity index (χ1n) is 15.2. The molecule has 1 saturated heterocycles. The van der Waals surface area contributed by atoms with Gasteiger partial charge in [0.1, 0.15) is 12.4 Å². The predicted molar refractivity (Wildman–Crippen MR) is 167 cm³/mol. The fraction of sp³-hybridized carbons (Fsp3) is 0.353. The van der Waals surface area contributed by atoms with Gasteiger partial charge < -0.3 is 34.6 Å². The topological polar surface area (TPSA) is 127 Å². The number of nitrogens with one attached hydrogen (secondary N) is 2. The number of carbonyl (C=O) groups is 4. The van der Waals surface area contributed by atoms with E-state index >= 15 is 0 Å². The summed E-state index contributed by atoms with van der Waals surface area (Å²) >= 11 is 0. The largest absolute Gasteiger partial charge is 0.493 e. The van der Waals surface area contributed by atoms with Crippen LogP contribution in [-0.2, 0) is 14.4 Å². The number of ether oxygens (including phenoxy) is 3. The number of rotatable bonds is 3. The summed E-state index contributed by atoms with van der Waals surface area (Å²) in [5, 5.41) is 5.78. The zero-order valence-electron chi connectivity index (χ0n) is 25.2. The van der Waals surface area contributed by atoms with Gasteiger partial charge in [0, 0.05) is 54.9 Å². The van der Waals surface area contributed by atoms with E-state index in [1.54, 1.807) is 42.3 Å². The highest BCUT2D eigenvalue weighted by Gasteiger charge is 2.28. The van der Waals surface area contributed by atoms with Crippen molar-refractivity contribution in [3.63, 3.8) is 0 Å². The van der Waals surface area contributed by atoms with Gasteiger partial charge >= 0.3 is 0 Å². The molecule has 0 radical (unpaired) electrons. The normalized spacial score (nSPS) is 19.0. The summed E-state index contributed by atoms with van der Waals surface area (Å²) in [6.07, 6.45) is 2.08. The molecular formula is C34H36N4O7. The Morgan fingerprint density at radius 3 is 2.53 bits per heavy atom. The zero-order valence-corrected chi connectivity index (χ0v) is 25.2. The molecule has 1 fully saturated rings. The fourth-order valence-electron chi connectivity index (χ4n) is 6.02. The van der Waals surface area contributed by atoms with E-state index in [1.165, 1.54) is 4.90 Å². The lowest BCUT2D eigenvalue weighted by molar-refractivity contribution is -0.122. The van der Waals surface area contributed by atoms with Gasteiger partial charge in [0.25, 0.3) is 5.91 Å². The predicted octanol–water partition coefficient (Wildman–Crippen LogP) is 3.72. The lowest BCUT2D eigenvalue weighted by Gasteiger charge is -2.27. The van der Waals surface area contributed by atoms with Crippen LogP contribution in [0.3, 0.4) is 0 Å². The molecule has 0 aliphatic carbocycles. The molecule has 2 N–H and O–H groups in total. The number of hydrogen-bond donors (Lipinski definition) is 2. The minimum Gasteiger partial charge on any atom is -0.493 e. The first kappa shape index (κ1) is 30.0. The molecule has 1 unspecified atom stereocenters. The number of hydrogen-bond acceptors (Lipinski definition) is 7. The third kappa shape index (κ3) is 6.72. The smallest absolute Gasteiger partial charge is 0.254 e. The van der Waals surface area contributed by atoms with E-state index in [9.17, 15) is 19.2 Å². The molecule has 4 heterocycles. The number of carbonyl (C=O) groups excluding carboxylic acids is 4. The second-order valence-corrected chi connectivity index (χ2v) is 11.3. The molecule has 45 heavy (non-hydrogen) atoms. The first-order chi connectivity index (χ1) is 21.9. The van der Waals surface area contributed by atoms with Gasteiger partial charge in [-0.2, -0.15) is 0 Å². The van der Waals surface area contributed by atoms with Crippen LogP contribution in [-0.4, -0.2) is 75.0 Å². The third-order valence-electron chi connectivity index (χ3n) is 8.30. The molecule has 4 amide bonds. The second-order valence-electron chi connectivity index (χ2n) is 11.3. The molecule has 0 saturated carbocycles. The summed E-state index contributed by atoms with van der Waals surface area (Å²) in [5.74, 6) is 0.839. The molecule has 4 aliphatic heterocycles. The highest BCUT2D eigenvalue weighted by Crippen LogP contribution is 2.41. The van der Waals surface area contributed by atoms with Crippen molar-refractivity contribution in [1.29, 1.82) is 0 Å². The van der Waals surface area contributed by atoms with Crippen molar-refractivity contribution in [3.05, 3.63) is 77.4 Å². The van der Waals surface area contributed by atoms with Crippen molar-refractivity contribution in [2.45, 2.75) is 31.6 Å². The standard InChI is InChI=1S/C34H36N4O7/c1-43-29-12-7-23-18-30(29)45-16-3-14-37(34(42)22-5-8-24(9-6-22)38-15-2-4-33(38)41)21-32(40)35-13-17-44-25-10-11-26-27(23)20-31(39)36-28(26)19-25/h5-12,18-19,27H,2-4,13-17,20-21H2,1H3,(H,35,40)(H,36,39). The average Bonchev–Trinajstić information content (AvgIpc) is 3.48. The lowest BCUT2D eigenvalue weighted by Crippen LogP contribution is -2.42. The van der Waals surface area contributed by atoms with E-state index in [-0.39, 0.29) is 68.8 Å². The van der Waals surface area contributed by atoms with Crippen molar-refractivity contribution in [2.24, 2.45) is 0 Å². The molecular weight excluding hydrogens is 576 g/mol. The van der Waals surface area contributed by atoms with Gasteiger partial charge in [-0.3, -0.25) is 19.2 Å². The van der Waals surface area contributed by atoms with Crippen molar-refractivity contribution < 1.29 is 33.4 Å². The molecule has 3 aromatic carbocycles. The van der Waals surface area contributed by atoms with Crippen molar-refractivity contribution in [1.82, 2.24) is 10.2 Å². The summed E-state index contributed by atoms with van der Waals surface area (Å²) in [7, 11) is 1.57. The number of methoxy groups -OCH3 is 1. The maximum absolute atomic E-state index is 13.6. The van der Waals surface area contributed by atoms with Crippen LogP contribution in [0.1, 0.15) is 53.1 Å². The maximum Gasteiger partial charge on any atom is 0.254 e. The van der Waals surface area contributed by atoms with Crippen LogP contribution in [0.15, 0.2) is 60.7 Å². The van der Waals surface area contributed by atoms with Gasteiger partial charge in [0.05, 0.1) is 26.8 Å². The second kappa shape index (κ2) is 13.3. The van der Waals surface area contributed by atoms with Crippen LogP contribution in [0.5, 0.6) is 17.2 Å². The van der Waals surface area contributed by atoms with Crippen LogP contribution in [0.2, 0.25) is 0 Å². The minimum absolute atomic E-state index is 0.0749. The Morgan fingerprint density at radius 2 is 1.76 bits per heavy atom. The highest BCUT2D eigenvalue weighted by atomic mass is 16.5. The molecule has 6 bridgehead atoms. The number of fused-ring (bicyclic) bond motifs is 11. The van der Waals surface area contributed by atoms with E-state index in [4.69, 9.17) is 14.2 Å². The Morgan fingerprint density at radius 1 is 0.911 bits per heavy atom. The SMILES string of the molecule is COc1ccc2cc1OCCCN(C(=O)c1ccc(N3CCCC3=O)cc1)CC(=O)NCCOc1ccc3c(c1)NC(=O)CC23. The van der Waals surface area contributed by atoms with Crippen molar-refractivity contribution in [2.75, 3.05) is 56.7 Å². The highest BCUT2D eigenvalue weighted by molar-refractivity contribution is 5.99. The fourth-order valence-corrected chi connectivity index (χ4v) is 6.02. The molecule has 0 spiro atoms. The van der Waals surface area contributed by atoms with Gasteiger partial charge in [-0.15, -0.1) is 0 Å². The summed E-state index contributed by atoms with van der Waals surface area (Å²) in [4.78, 5) is 54.6. The van der Waals surface area contributed by atoms with Gasteiger partial charge in [0.15, 0.2) is 11.5 Å². The van der Waals surface area contributed by atoms with Gasteiger partial charge in [-0.25, -0.2) is 0 Å².